The molecule has 3 rings (SSSR count). The van der Waals surface area contributed by atoms with E-state index in [2.05, 4.69) is 26.8 Å². The van der Waals surface area contributed by atoms with Crippen LogP contribution in [0.15, 0.2) is 0 Å². The minimum Gasteiger partial charge on any atom is -0.388 e. The lowest BCUT2D eigenvalue weighted by Gasteiger charge is -2.45. The monoisotopic (exact) mass is 289 g/mol. The standard InChI is InChI=1S/C19H31NO/c1-17(2,3)15-5-4-9-19(21,10-8-15)18(13-20)12-14-6-7-16(18)11-14/h14-16,21H,4-12H2,1-3H3. The van der Waals surface area contributed by atoms with Crippen LogP contribution < -0.4 is 0 Å². The Morgan fingerprint density at radius 2 is 1.86 bits per heavy atom. The molecule has 5 atom stereocenters. The fraction of sp³-hybridized carbons (Fsp3) is 0.947. The van der Waals surface area contributed by atoms with E-state index in [1.165, 1.54) is 25.7 Å². The lowest BCUT2D eigenvalue weighted by Crippen LogP contribution is -2.50. The van der Waals surface area contributed by atoms with Crippen molar-refractivity contribution in [2.75, 3.05) is 0 Å². The van der Waals surface area contributed by atoms with E-state index >= 15 is 0 Å². The summed E-state index contributed by atoms with van der Waals surface area (Å²) in [5, 5.41) is 21.4. The second-order valence-electron chi connectivity index (χ2n) is 9.19. The van der Waals surface area contributed by atoms with E-state index in [-0.39, 0.29) is 0 Å². The zero-order chi connectivity index (χ0) is 15.3. The van der Waals surface area contributed by atoms with Crippen LogP contribution >= 0.6 is 0 Å². The van der Waals surface area contributed by atoms with Gasteiger partial charge in [0.2, 0.25) is 0 Å². The third-order valence-corrected chi connectivity index (χ3v) is 7.15. The second-order valence-corrected chi connectivity index (χ2v) is 9.19. The molecule has 5 unspecified atom stereocenters. The molecule has 3 saturated carbocycles. The summed E-state index contributed by atoms with van der Waals surface area (Å²) in [5.41, 5.74) is -0.829. The van der Waals surface area contributed by atoms with Crippen LogP contribution in [0.4, 0.5) is 0 Å². The van der Waals surface area contributed by atoms with Crippen molar-refractivity contribution < 1.29 is 5.11 Å². The third kappa shape index (κ3) is 2.33. The summed E-state index contributed by atoms with van der Waals surface area (Å²) in [4.78, 5) is 0. The van der Waals surface area contributed by atoms with Crippen LogP contribution in [0.2, 0.25) is 0 Å². The van der Waals surface area contributed by atoms with Crippen molar-refractivity contribution in [2.45, 2.75) is 84.2 Å². The molecular weight excluding hydrogens is 258 g/mol. The summed E-state index contributed by atoms with van der Waals surface area (Å²) in [5.74, 6) is 1.85. The van der Waals surface area contributed by atoms with E-state index in [4.69, 9.17) is 0 Å². The third-order valence-electron chi connectivity index (χ3n) is 7.15. The molecule has 1 N–H and O–H groups in total. The van der Waals surface area contributed by atoms with Crippen LogP contribution in [-0.2, 0) is 0 Å². The van der Waals surface area contributed by atoms with Gasteiger partial charge in [0.05, 0.1) is 17.1 Å². The molecule has 2 bridgehead atoms. The van der Waals surface area contributed by atoms with Crippen molar-refractivity contribution in [1.29, 1.82) is 5.26 Å². The highest BCUT2D eigenvalue weighted by Gasteiger charge is 2.62. The molecule has 0 aliphatic heterocycles. The fourth-order valence-electron chi connectivity index (χ4n) is 5.78. The van der Waals surface area contributed by atoms with Gasteiger partial charge >= 0.3 is 0 Å². The summed E-state index contributed by atoms with van der Waals surface area (Å²) in [7, 11) is 0. The molecule has 118 valence electrons. The van der Waals surface area contributed by atoms with Crippen molar-refractivity contribution in [2.24, 2.45) is 28.6 Å². The molecule has 0 amide bonds. The van der Waals surface area contributed by atoms with E-state index in [0.29, 0.717) is 23.2 Å². The highest BCUT2D eigenvalue weighted by Crippen LogP contribution is 2.63. The average Bonchev–Trinajstić information content (AvgIpc) is 2.95. The smallest absolute Gasteiger partial charge is 0.0890 e. The Labute approximate surface area is 129 Å². The minimum atomic E-state index is -0.721. The van der Waals surface area contributed by atoms with Gasteiger partial charge in [0.15, 0.2) is 0 Å². The highest BCUT2D eigenvalue weighted by molar-refractivity contribution is 5.20. The molecule has 3 aliphatic carbocycles. The van der Waals surface area contributed by atoms with Crippen molar-refractivity contribution in [3.05, 3.63) is 0 Å². The maximum atomic E-state index is 11.5. The van der Waals surface area contributed by atoms with Gasteiger partial charge in [-0.2, -0.15) is 5.26 Å². The van der Waals surface area contributed by atoms with Crippen molar-refractivity contribution in [3.8, 4) is 6.07 Å². The summed E-state index contributed by atoms with van der Waals surface area (Å²) >= 11 is 0. The molecule has 21 heavy (non-hydrogen) atoms. The minimum absolute atomic E-state index is 0.319. The van der Waals surface area contributed by atoms with E-state index in [0.717, 1.165) is 32.1 Å². The van der Waals surface area contributed by atoms with Crippen molar-refractivity contribution >= 4 is 0 Å². The lowest BCUT2D eigenvalue weighted by molar-refractivity contribution is -0.0934. The number of fused-ring (bicyclic) bond motifs is 2. The second kappa shape index (κ2) is 4.98. The topological polar surface area (TPSA) is 44.0 Å². The molecule has 3 aliphatic rings. The van der Waals surface area contributed by atoms with E-state index < -0.39 is 11.0 Å². The molecule has 0 aromatic heterocycles. The van der Waals surface area contributed by atoms with E-state index in [1.54, 1.807) is 0 Å². The Balaban J connectivity index is 1.83. The predicted molar refractivity (Wildman–Crippen MR) is 84.5 cm³/mol. The Morgan fingerprint density at radius 1 is 1.10 bits per heavy atom. The first-order chi connectivity index (χ1) is 9.81. The first kappa shape index (κ1) is 15.3. The fourth-order valence-corrected chi connectivity index (χ4v) is 5.78. The van der Waals surface area contributed by atoms with E-state index in [1.807, 2.05) is 0 Å². The zero-order valence-corrected chi connectivity index (χ0v) is 14.0. The predicted octanol–water partition coefficient (Wildman–Crippen LogP) is 4.67. The van der Waals surface area contributed by atoms with Crippen LogP contribution in [0.1, 0.15) is 78.6 Å². The summed E-state index contributed by atoms with van der Waals surface area (Å²) in [6.45, 7) is 6.96. The molecule has 0 radical (unpaired) electrons. The summed E-state index contributed by atoms with van der Waals surface area (Å²) in [6.07, 6.45) is 9.67. The number of aliphatic hydroxyl groups is 1. The van der Waals surface area contributed by atoms with Gasteiger partial charge in [0, 0.05) is 0 Å². The SMILES string of the molecule is CC(C)(C)C1CCCC(O)(C2(C#N)CC3CCC2C3)CC1. The molecule has 0 saturated heterocycles. The van der Waals surface area contributed by atoms with Crippen LogP contribution in [0, 0.1) is 39.9 Å². The van der Waals surface area contributed by atoms with Crippen molar-refractivity contribution in [1.82, 2.24) is 0 Å². The Bertz CT molecular complexity index is 445. The first-order valence-corrected chi connectivity index (χ1v) is 8.94. The highest BCUT2D eigenvalue weighted by atomic mass is 16.3. The van der Waals surface area contributed by atoms with Crippen LogP contribution in [0.5, 0.6) is 0 Å². The molecule has 0 spiro atoms. The Hall–Kier alpha value is -0.550. The van der Waals surface area contributed by atoms with Gasteiger partial charge in [0.1, 0.15) is 0 Å². The number of hydrogen-bond acceptors (Lipinski definition) is 2. The molecule has 3 fully saturated rings. The molecular formula is C19H31NO. The zero-order valence-electron chi connectivity index (χ0n) is 14.0. The quantitative estimate of drug-likeness (QED) is 0.713. The molecule has 0 aromatic carbocycles. The summed E-state index contributed by atoms with van der Waals surface area (Å²) < 4.78 is 0. The summed E-state index contributed by atoms with van der Waals surface area (Å²) in [6, 6.07) is 2.65. The van der Waals surface area contributed by atoms with Gasteiger partial charge in [-0.05, 0) is 68.1 Å². The molecule has 2 nitrogen and oxygen atoms in total. The number of nitriles is 1. The van der Waals surface area contributed by atoms with Crippen LogP contribution in [0.25, 0.3) is 0 Å². The van der Waals surface area contributed by atoms with Gasteiger partial charge in [0.25, 0.3) is 0 Å². The molecule has 2 heteroatoms. The Kier molecular flexibility index (Phi) is 3.64. The molecule has 0 aromatic rings. The largest absolute Gasteiger partial charge is 0.388 e. The number of hydrogen-bond donors (Lipinski definition) is 1. The number of rotatable bonds is 1. The van der Waals surface area contributed by atoms with Gasteiger partial charge in [-0.15, -0.1) is 0 Å². The Morgan fingerprint density at radius 3 is 2.38 bits per heavy atom. The number of nitrogens with zero attached hydrogens (tertiary/aromatic N) is 1. The van der Waals surface area contributed by atoms with Gasteiger partial charge < -0.3 is 5.11 Å². The van der Waals surface area contributed by atoms with E-state index in [9.17, 15) is 10.4 Å². The van der Waals surface area contributed by atoms with Crippen LogP contribution in [-0.4, -0.2) is 10.7 Å². The van der Waals surface area contributed by atoms with Gasteiger partial charge in [-0.3, -0.25) is 0 Å². The van der Waals surface area contributed by atoms with Gasteiger partial charge in [-0.1, -0.05) is 33.6 Å². The van der Waals surface area contributed by atoms with Crippen molar-refractivity contribution in [3.63, 3.8) is 0 Å². The van der Waals surface area contributed by atoms with Crippen LogP contribution in [0.3, 0.4) is 0 Å². The normalized spacial score (nSPS) is 47.1. The average molecular weight is 289 g/mol. The van der Waals surface area contributed by atoms with Gasteiger partial charge in [-0.25, -0.2) is 0 Å². The maximum absolute atomic E-state index is 11.5. The molecule has 0 heterocycles. The first-order valence-electron chi connectivity index (χ1n) is 8.94. The lowest BCUT2D eigenvalue weighted by atomic mass is 9.60. The maximum Gasteiger partial charge on any atom is 0.0890 e.